The lowest BCUT2D eigenvalue weighted by Crippen LogP contribution is -2.14. The van der Waals surface area contributed by atoms with E-state index in [4.69, 9.17) is 4.74 Å². The topological polar surface area (TPSA) is 67.5 Å². The van der Waals surface area contributed by atoms with Crippen LogP contribution in [-0.4, -0.2) is 26.9 Å². The number of hydrogen-bond donors (Lipinski definition) is 2. The number of ether oxygens (including phenoxy) is 1. The third-order valence-corrected chi connectivity index (χ3v) is 4.71. The van der Waals surface area contributed by atoms with Crippen molar-refractivity contribution in [2.45, 2.75) is 25.3 Å². The summed E-state index contributed by atoms with van der Waals surface area (Å²) in [5.74, 6) is -1.93. The highest BCUT2D eigenvalue weighted by Gasteiger charge is 2.42. The normalized spacial score (nSPS) is 15.6. The highest BCUT2D eigenvalue weighted by atomic mass is 19.1. The lowest BCUT2D eigenvalue weighted by atomic mass is 10.1. The average molecular weight is 328 g/mol. The maximum absolute atomic E-state index is 14.7. The Kier molecular flexibility index (Phi) is 3.00. The van der Waals surface area contributed by atoms with Gasteiger partial charge >= 0.3 is 0 Å². The van der Waals surface area contributed by atoms with Crippen LogP contribution in [0.5, 0.6) is 17.2 Å². The molecule has 1 aliphatic carbocycles. The molecule has 0 aliphatic heterocycles. The molecule has 1 aromatic heterocycles. The van der Waals surface area contributed by atoms with E-state index in [-0.39, 0.29) is 16.9 Å². The Morgan fingerprint density at radius 2 is 1.92 bits per heavy atom. The zero-order valence-corrected chi connectivity index (χ0v) is 13.4. The van der Waals surface area contributed by atoms with Crippen LogP contribution in [-0.2, 0) is 5.54 Å². The Bertz CT molecular complexity index is 961. The Morgan fingerprint density at radius 1 is 1.21 bits per heavy atom. The van der Waals surface area contributed by atoms with Gasteiger partial charge in [-0.15, -0.1) is 0 Å². The summed E-state index contributed by atoms with van der Waals surface area (Å²) in [6, 6.07) is 8.99. The molecule has 0 spiro atoms. The highest BCUT2D eigenvalue weighted by molar-refractivity contribution is 5.82. The van der Waals surface area contributed by atoms with E-state index in [1.165, 1.54) is 13.2 Å². The van der Waals surface area contributed by atoms with Crippen molar-refractivity contribution < 1.29 is 19.3 Å². The van der Waals surface area contributed by atoms with Gasteiger partial charge < -0.3 is 19.5 Å². The van der Waals surface area contributed by atoms with Gasteiger partial charge in [0.15, 0.2) is 17.3 Å². The molecule has 1 heterocycles. The van der Waals surface area contributed by atoms with Crippen LogP contribution in [0.25, 0.3) is 22.4 Å². The summed E-state index contributed by atoms with van der Waals surface area (Å²) >= 11 is 0. The quantitative estimate of drug-likeness (QED) is 0.718. The van der Waals surface area contributed by atoms with Gasteiger partial charge in [-0.3, -0.25) is 0 Å². The van der Waals surface area contributed by atoms with Gasteiger partial charge in [0.1, 0.15) is 5.82 Å². The second-order valence-electron chi connectivity index (χ2n) is 6.39. The number of benzene rings is 2. The van der Waals surface area contributed by atoms with Crippen LogP contribution in [0.1, 0.15) is 19.8 Å². The van der Waals surface area contributed by atoms with Gasteiger partial charge in [0.2, 0.25) is 5.75 Å². The Labute approximate surface area is 137 Å². The van der Waals surface area contributed by atoms with Gasteiger partial charge in [0.25, 0.3) is 0 Å². The van der Waals surface area contributed by atoms with Crippen LogP contribution < -0.4 is 4.74 Å². The van der Waals surface area contributed by atoms with Crippen molar-refractivity contribution in [3.63, 3.8) is 0 Å². The number of phenolic OH excluding ortho intramolecular Hbond substituents is 2. The molecule has 0 bridgehead atoms. The monoisotopic (exact) mass is 328 g/mol. The first kappa shape index (κ1) is 14.8. The summed E-state index contributed by atoms with van der Waals surface area (Å²) in [7, 11) is 1.35. The number of para-hydroxylation sites is 2. The fraction of sp³-hybridized carbons (Fsp3) is 0.278. The Hall–Kier alpha value is -2.76. The van der Waals surface area contributed by atoms with Crippen LogP contribution in [0.4, 0.5) is 4.39 Å². The molecule has 5 nitrogen and oxygen atoms in total. The highest BCUT2D eigenvalue weighted by Crippen LogP contribution is 2.49. The molecular formula is C18H17FN2O3. The van der Waals surface area contributed by atoms with Crippen LogP contribution in [0.2, 0.25) is 0 Å². The molecule has 2 N–H and O–H groups in total. The van der Waals surface area contributed by atoms with Crippen molar-refractivity contribution in [1.82, 2.24) is 9.55 Å². The first-order valence-electron chi connectivity index (χ1n) is 7.73. The molecule has 1 fully saturated rings. The SMILES string of the molecule is COc1cc(-c2nc3ccccc3n2C2(C)CC2)c(F)c(O)c1O. The van der Waals surface area contributed by atoms with E-state index >= 15 is 0 Å². The molecule has 0 unspecified atom stereocenters. The third-order valence-electron chi connectivity index (χ3n) is 4.71. The zero-order valence-electron chi connectivity index (χ0n) is 13.4. The van der Waals surface area contributed by atoms with Crippen molar-refractivity contribution in [3.05, 3.63) is 36.1 Å². The van der Waals surface area contributed by atoms with E-state index < -0.39 is 17.3 Å². The number of nitrogens with zero attached hydrogens (tertiary/aromatic N) is 2. The molecule has 24 heavy (non-hydrogen) atoms. The van der Waals surface area contributed by atoms with E-state index in [0.29, 0.717) is 5.82 Å². The summed E-state index contributed by atoms with van der Waals surface area (Å²) < 4.78 is 21.7. The van der Waals surface area contributed by atoms with E-state index in [0.717, 1.165) is 23.9 Å². The number of rotatable bonds is 3. The number of fused-ring (bicyclic) bond motifs is 1. The first-order chi connectivity index (χ1) is 11.5. The maximum atomic E-state index is 14.7. The molecular weight excluding hydrogens is 311 g/mol. The standard InChI is InChI=1S/C18H17FN2O3/c1-18(7-8-18)21-12-6-4-3-5-11(12)20-17(21)10-9-13(24-2)15(22)16(23)14(10)19/h3-6,9,22-23H,7-8H2,1-2H3. The summed E-state index contributed by atoms with van der Waals surface area (Å²) in [6.07, 6.45) is 1.95. The van der Waals surface area contributed by atoms with Crippen LogP contribution in [0.15, 0.2) is 30.3 Å². The van der Waals surface area contributed by atoms with Gasteiger partial charge in [0.05, 0.1) is 23.7 Å². The molecule has 6 heteroatoms. The van der Waals surface area contributed by atoms with Crippen molar-refractivity contribution in [2.75, 3.05) is 7.11 Å². The Morgan fingerprint density at radius 3 is 2.58 bits per heavy atom. The number of aromatic hydroxyl groups is 2. The van der Waals surface area contributed by atoms with Gasteiger partial charge in [0, 0.05) is 5.54 Å². The predicted octanol–water partition coefficient (Wildman–Crippen LogP) is 3.77. The molecule has 124 valence electrons. The molecule has 0 radical (unpaired) electrons. The minimum absolute atomic E-state index is 0.00320. The van der Waals surface area contributed by atoms with Gasteiger partial charge in [-0.2, -0.15) is 0 Å². The smallest absolute Gasteiger partial charge is 0.203 e. The predicted molar refractivity (Wildman–Crippen MR) is 87.9 cm³/mol. The van der Waals surface area contributed by atoms with Crippen molar-refractivity contribution in [1.29, 1.82) is 0 Å². The fourth-order valence-electron chi connectivity index (χ4n) is 3.09. The van der Waals surface area contributed by atoms with Crippen molar-refractivity contribution in [2.24, 2.45) is 0 Å². The second-order valence-corrected chi connectivity index (χ2v) is 6.39. The lowest BCUT2D eigenvalue weighted by Gasteiger charge is -2.17. The summed E-state index contributed by atoms with van der Waals surface area (Å²) in [5, 5.41) is 19.7. The van der Waals surface area contributed by atoms with Gasteiger partial charge in [-0.05, 0) is 38.0 Å². The van der Waals surface area contributed by atoms with Gasteiger partial charge in [-0.1, -0.05) is 12.1 Å². The molecule has 0 amide bonds. The largest absolute Gasteiger partial charge is 0.502 e. The second kappa shape index (κ2) is 4.87. The van der Waals surface area contributed by atoms with Crippen molar-refractivity contribution >= 4 is 11.0 Å². The molecule has 2 aromatic carbocycles. The minimum Gasteiger partial charge on any atom is -0.502 e. The fourth-order valence-corrected chi connectivity index (χ4v) is 3.09. The summed E-state index contributed by atoms with van der Waals surface area (Å²) in [6.45, 7) is 2.10. The van der Waals surface area contributed by atoms with Crippen molar-refractivity contribution in [3.8, 4) is 28.6 Å². The molecule has 1 saturated carbocycles. The molecule has 4 rings (SSSR count). The molecule has 0 saturated heterocycles. The Balaban J connectivity index is 2.06. The van der Waals surface area contributed by atoms with E-state index in [1.807, 2.05) is 28.8 Å². The average Bonchev–Trinajstić information content (AvgIpc) is 3.20. The number of halogens is 1. The van der Waals surface area contributed by atoms with Crippen LogP contribution in [0.3, 0.4) is 0 Å². The number of aromatic nitrogens is 2. The first-order valence-corrected chi connectivity index (χ1v) is 7.73. The maximum Gasteiger partial charge on any atom is 0.203 e. The lowest BCUT2D eigenvalue weighted by molar-refractivity contribution is 0.339. The summed E-state index contributed by atoms with van der Waals surface area (Å²) in [5.41, 5.74) is 1.65. The third kappa shape index (κ3) is 1.95. The summed E-state index contributed by atoms with van der Waals surface area (Å²) in [4.78, 5) is 4.57. The van der Waals surface area contributed by atoms with Crippen LogP contribution in [0, 0.1) is 5.82 Å². The van der Waals surface area contributed by atoms with E-state index in [2.05, 4.69) is 11.9 Å². The number of hydrogen-bond acceptors (Lipinski definition) is 4. The van der Waals surface area contributed by atoms with Gasteiger partial charge in [-0.25, -0.2) is 9.37 Å². The number of imidazole rings is 1. The van der Waals surface area contributed by atoms with E-state index in [1.54, 1.807) is 0 Å². The molecule has 0 atom stereocenters. The molecule has 1 aliphatic rings. The van der Waals surface area contributed by atoms with Crippen LogP contribution >= 0.6 is 0 Å². The molecule has 3 aromatic rings. The number of phenols is 2. The number of methoxy groups -OCH3 is 1. The van der Waals surface area contributed by atoms with E-state index in [9.17, 15) is 14.6 Å². The minimum atomic E-state index is -0.908. The zero-order chi connectivity index (χ0) is 17.1.